The van der Waals surface area contributed by atoms with Gasteiger partial charge in [-0.05, 0) is 18.8 Å². The number of nitrogens with one attached hydrogen (secondary N) is 2. The Morgan fingerprint density at radius 2 is 1.97 bits per heavy atom. The van der Waals surface area contributed by atoms with Crippen LogP contribution >= 0.6 is 0 Å². The van der Waals surface area contributed by atoms with Crippen LogP contribution in [0.25, 0.3) is 0 Å². The van der Waals surface area contributed by atoms with Crippen LogP contribution in [-0.2, 0) is 14.3 Å². The van der Waals surface area contributed by atoms with Gasteiger partial charge in [0.2, 0.25) is 0 Å². The predicted molar refractivity (Wildman–Crippen MR) is 111 cm³/mol. The van der Waals surface area contributed by atoms with Crippen LogP contribution in [0, 0.1) is 23.2 Å². The molecule has 3 fully saturated rings. The molecule has 4 N–H and O–H groups in total. The van der Waals surface area contributed by atoms with Gasteiger partial charge in [0.05, 0.1) is 32.5 Å². The highest BCUT2D eigenvalue weighted by Gasteiger charge is 2.60. The normalized spacial score (nSPS) is 43.5. The Bertz CT molecular complexity index is 648. The summed E-state index contributed by atoms with van der Waals surface area (Å²) in [5, 5.41) is 20.3. The van der Waals surface area contributed by atoms with E-state index in [0.29, 0.717) is 19.1 Å². The van der Waals surface area contributed by atoms with E-state index in [1.807, 2.05) is 0 Å². The molecule has 4 aliphatic rings. The molecule has 7 nitrogen and oxygen atoms in total. The molecule has 6 atom stereocenters. The first-order valence-electron chi connectivity index (χ1n) is 11.9. The molecule has 4 rings (SSSR count). The number of aliphatic hydroxyl groups excluding tert-OH is 2. The minimum absolute atomic E-state index is 0.0772. The summed E-state index contributed by atoms with van der Waals surface area (Å²) in [7, 11) is 0. The summed E-state index contributed by atoms with van der Waals surface area (Å²) < 4.78 is 11.2. The van der Waals surface area contributed by atoms with Crippen LogP contribution in [0.2, 0.25) is 0 Å². The van der Waals surface area contributed by atoms with Crippen molar-refractivity contribution in [2.45, 2.75) is 45.3 Å². The van der Waals surface area contributed by atoms with Crippen molar-refractivity contribution in [3.63, 3.8) is 0 Å². The van der Waals surface area contributed by atoms with E-state index in [4.69, 9.17) is 14.6 Å². The molecule has 1 saturated carbocycles. The average Bonchev–Trinajstić information content (AvgIpc) is 3.04. The summed E-state index contributed by atoms with van der Waals surface area (Å²) in [5.41, 5.74) is 1.08. The van der Waals surface area contributed by atoms with Crippen LogP contribution in [0.4, 0.5) is 0 Å². The Hall–Kier alpha value is -0.990. The first kappa shape index (κ1) is 22.2. The fourth-order valence-corrected chi connectivity index (χ4v) is 6.40. The van der Waals surface area contributed by atoms with Gasteiger partial charge >= 0.3 is 5.97 Å². The molecular formula is C23H40N2O5+2. The van der Waals surface area contributed by atoms with Crippen molar-refractivity contribution < 1.29 is 34.3 Å². The van der Waals surface area contributed by atoms with E-state index >= 15 is 0 Å². The van der Waals surface area contributed by atoms with Gasteiger partial charge in [-0.1, -0.05) is 25.5 Å². The van der Waals surface area contributed by atoms with Gasteiger partial charge in [-0.25, -0.2) is 0 Å². The van der Waals surface area contributed by atoms with Crippen molar-refractivity contribution in [3.8, 4) is 0 Å². The number of piperazine rings is 1. The van der Waals surface area contributed by atoms with Gasteiger partial charge in [-0.15, -0.1) is 0 Å². The second kappa shape index (κ2) is 9.25. The predicted octanol–water partition coefficient (Wildman–Crippen LogP) is -1.94. The Balaban J connectivity index is 1.36. The minimum atomic E-state index is -0.510. The highest BCUT2D eigenvalue weighted by Crippen LogP contribution is 2.55. The molecule has 170 valence electrons. The molecule has 0 amide bonds. The Morgan fingerprint density at radius 3 is 2.70 bits per heavy atom. The van der Waals surface area contributed by atoms with Gasteiger partial charge < -0.3 is 29.5 Å². The molecule has 2 aliphatic heterocycles. The van der Waals surface area contributed by atoms with E-state index in [2.05, 4.69) is 19.9 Å². The second-order valence-electron chi connectivity index (χ2n) is 10.1. The SMILES string of the molecule is C[C@H]1CCC=C2C[C@H]3OC(=O)[C@H](C[NH+]4CC[NH+](CCOCCO)CC4)[C@H]3[C@@H](O)[C@@]21C. The number of hydrogen-bond acceptors (Lipinski definition) is 5. The molecule has 0 unspecified atom stereocenters. The minimum Gasteiger partial charge on any atom is -0.461 e. The van der Waals surface area contributed by atoms with E-state index < -0.39 is 6.10 Å². The van der Waals surface area contributed by atoms with E-state index in [9.17, 15) is 9.90 Å². The number of ether oxygens (including phenoxy) is 2. The van der Waals surface area contributed by atoms with Gasteiger partial charge in [-0.3, -0.25) is 4.79 Å². The maximum atomic E-state index is 12.8. The molecule has 0 aromatic carbocycles. The van der Waals surface area contributed by atoms with Gasteiger partial charge in [0, 0.05) is 17.8 Å². The third-order valence-electron chi connectivity index (χ3n) is 8.58. The third-order valence-corrected chi connectivity index (χ3v) is 8.58. The second-order valence-corrected chi connectivity index (χ2v) is 10.1. The topological polar surface area (TPSA) is 84.9 Å². The van der Waals surface area contributed by atoms with Crippen molar-refractivity contribution >= 4 is 5.97 Å². The number of carbonyl (C=O) groups excluding carboxylic acids is 1. The highest BCUT2D eigenvalue weighted by molar-refractivity contribution is 5.76. The molecule has 0 aromatic rings. The lowest BCUT2D eigenvalue weighted by Crippen LogP contribution is -3.28. The molecular weight excluding hydrogens is 384 g/mol. The van der Waals surface area contributed by atoms with Crippen molar-refractivity contribution in [1.82, 2.24) is 0 Å². The highest BCUT2D eigenvalue weighted by atomic mass is 16.6. The van der Waals surface area contributed by atoms with Gasteiger partial charge in [0.1, 0.15) is 44.7 Å². The third kappa shape index (κ3) is 4.07. The zero-order chi connectivity index (χ0) is 21.3. The monoisotopic (exact) mass is 424 g/mol. The van der Waals surface area contributed by atoms with E-state index in [-0.39, 0.29) is 35.9 Å². The van der Waals surface area contributed by atoms with Crippen LogP contribution in [-0.4, -0.2) is 87.5 Å². The van der Waals surface area contributed by atoms with Crippen molar-refractivity contribution in [3.05, 3.63) is 11.6 Å². The maximum Gasteiger partial charge on any atom is 0.315 e. The first-order chi connectivity index (χ1) is 14.4. The van der Waals surface area contributed by atoms with Crippen LogP contribution in [0.3, 0.4) is 0 Å². The number of rotatable bonds is 7. The fourth-order valence-electron chi connectivity index (χ4n) is 6.40. The van der Waals surface area contributed by atoms with E-state index in [1.54, 1.807) is 0 Å². The summed E-state index contributed by atoms with van der Waals surface area (Å²) in [6.07, 6.45) is 4.59. The summed E-state index contributed by atoms with van der Waals surface area (Å²) in [6.45, 7) is 11.6. The van der Waals surface area contributed by atoms with Crippen LogP contribution in [0.5, 0.6) is 0 Å². The van der Waals surface area contributed by atoms with Gasteiger partial charge in [0.25, 0.3) is 0 Å². The molecule has 0 spiro atoms. The van der Waals surface area contributed by atoms with Gasteiger partial charge in [0.15, 0.2) is 0 Å². The number of hydrogen-bond donors (Lipinski definition) is 4. The molecule has 2 heterocycles. The number of fused-ring (bicyclic) bond motifs is 2. The van der Waals surface area contributed by atoms with Crippen molar-refractivity contribution in [2.24, 2.45) is 23.2 Å². The largest absolute Gasteiger partial charge is 0.461 e. The average molecular weight is 425 g/mol. The quantitative estimate of drug-likeness (QED) is 0.217. The lowest BCUT2D eigenvalue weighted by Gasteiger charge is -2.51. The zero-order valence-electron chi connectivity index (χ0n) is 18.6. The first-order valence-corrected chi connectivity index (χ1v) is 11.9. The molecule has 30 heavy (non-hydrogen) atoms. The molecule has 0 radical (unpaired) electrons. The molecule has 0 aromatic heterocycles. The van der Waals surface area contributed by atoms with Crippen molar-refractivity contribution in [2.75, 3.05) is 59.1 Å². The smallest absolute Gasteiger partial charge is 0.315 e. The maximum absolute atomic E-state index is 12.8. The lowest BCUT2D eigenvalue weighted by atomic mass is 9.55. The number of esters is 1. The summed E-state index contributed by atoms with van der Waals surface area (Å²) in [4.78, 5) is 15.8. The van der Waals surface area contributed by atoms with Gasteiger partial charge in [-0.2, -0.15) is 0 Å². The summed E-state index contributed by atoms with van der Waals surface area (Å²) in [6, 6.07) is 0. The molecule has 0 bridgehead atoms. The zero-order valence-corrected chi connectivity index (χ0v) is 18.6. The van der Waals surface area contributed by atoms with Crippen LogP contribution < -0.4 is 9.80 Å². The molecule has 7 heteroatoms. The van der Waals surface area contributed by atoms with Crippen molar-refractivity contribution in [1.29, 1.82) is 0 Å². The molecule has 2 aliphatic carbocycles. The Morgan fingerprint density at radius 1 is 1.23 bits per heavy atom. The molecule has 2 saturated heterocycles. The Labute approximate surface area is 180 Å². The summed E-state index contributed by atoms with van der Waals surface area (Å²) in [5.74, 6) is 0.0588. The number of carbonyl (C=O) groups is 1. The Kier molecular flexibility index (Phi) is 6.85. The number of allylic oxidation sites excluding steroid dienone is 1. The van der Waals surface area contributed by atoms with Crippen LogP contribution in [0.1, 0.15) is 33.1 Å². The van der Waals surface area contributed by atoms with E-state index in [1.165, 1.54) is 15.4 Å². The van der Waals surface area contributed by atoms with Crippen LogP contribution in [0.15, 0.2) is 11.6 Å². The standard InChI is InChI=1S/C23H38N2O5/c1-16-4-3-5-17-14-19-20(21(27)23(16,17)2)18(22(28)30-19)15-25-8-6-24(7-9-25)10-12-29-13-11-26/h5,16,18-21,26-27H,3-4,6-15H2,1-2H3/p+2/t16-,18+,19+,20+,21+,23+/m0/s1. The summed E-state index contributed by atoms with van der Waals surface area (Å²) >= 11 is 0. The number of quaternary nitrogens is 2. The lowest BCUT2D eigenvalue weighted by molar-refractivity contribution is -1.01. The fraction of sp³-hybridized carbons (Fsp3) is 0.870. The van der Waals surface area contributed by atoms with E-state index in [0.717, 1.165) is 58.5 Å². The number of aliphatic hydroxyl groups is 2.